The van der Waals surface area contributed by atoms with Gasteiger partial charge < -0.3 is 0 Å². The van der Waals surface area contributed by atoms with Crippen molar-refractivity contribution in [3.8, 4) is 0 Å². The van der Waals surface area contributed by atoms with E-state index in [1.807, 2.05) is 0 Å². The SMILES string of the molecule is CCCCCCCCCCCCCCCCCCCC[C@H](C)CCC[C@H](C)CCCCCCCCCCCCC. The van der Waals surface area contributed by atoms with E-state index in [0.717, 1.165) is 11.8 Å². The molecule has 2 atom stereocenters. The van der Waals surface area contributed by atoms with E-state index in [2.05, 4.69) is 27.7 Å². The maximum Gasteiger partial charge on any atom is -0.0443 e. The lowest BCUT2D eigenvalue weighted by atomic mass is 9.92. The molecule has 0 fully saturated rings. The van der Waals surface area contributed by atoms with Crippen LogP contribution in [0.4, 0.5) is 0 Å². The summed E-state index contributed by atoms with van der Waals surface area (Å²) in [5.74, 6) is 1.91. The van der Waals surface area contributed by atoms with E-state index >= 15 is 0 Å². The van der Waals surface area contributed by atoms with Gasteiger partial charge in [0.25, 0.3) is 0 Å². The van der Waals surface area contributed by atoms with Crippen molar-refractivity contribution in [3.63, 3.8) is 0 Å². The minimum Gasteiger partial charge on any atom is -0.0654 e. The molecule has 0 saturated carbocycles. The Morgan fingerprint density at radius 2 is 0.400 bits per heavy atom. The Balaban J connectivity index is 3.24. The third-order valence-electron chi connectivity index (χ3n) is 9.74. The van der Waals surface area contributed by atoms with Gasteiger partial charge in [-0.2, -0.15) is 0 Å². The van der Waals surface area contributed by atoms with Crippen LogP contribution in [0.15, 0.2) is 0 Å². The summed E-state index contributed by atoms with van der Waals surface area (Å²) in [7, 11) is 0. The van der Waals surface area contributed by atoms with Crippen molar-refractivity contribution in [2.24, 2.45) is 11.8 Å². The second kappa shape index (κ2) is 35.2. The van der Waals surface area contributed by atoms with Crippen LogP contribution in [0.5, 0.6) is 0 Å². The zero-order valence-electron chi connectivity index (χ0n) is 29.2. The van der Waals surface area contributed by atoms with Gasteiger partial charge in [0.05, 0.1) is 0 Å². The molecule has 0 spiro atoms. The topological polar surface area (TPSA) is 0 Å². The molecule has 40 heavy (non-hydrogen) atoms. The molecule has 0 nitrogen and oxygen atoms in total. The van der Waals surface area contributed by atoms with E-state index in [1.165, 1.54) is 218 Å². The van der Waals surface area contributed by atoms with Crippen LogP contribution < -0.4 is 0 Å². The van der Waals surface area contributed by atoms with Crippen molar-refractivity contribution in [1.82, 2.24) is 0 Å². The molecule has 0 aliphatic rings. The van der Waals surface area contributed by atoms with Crippen LogP contribution in [-0.2, 0) is 0 Å². The predicted octanol–water partition coefficient (Wildman–Crippen LogP) is 15.6. The first kappa shape index (κ1) is 40.0. The highest BCUT2D eigenvalue weighted by molar-refractivity contribution is 4.60. The molecule has 0 unspecified atom stereocenters. The van der Waals surface area contributed by atoms with Gasteiger partial charge in [-0.15, -0.1) is 0 Å². The molecular formula is C40H82. The van der Waals surface area contributed by atoms with E-state index in [-0.39, 0.29) is 0 Å². The van der Waals surface area contributed by atoms with Crippen LogP contribution in [0.2, 0.25) is 0 Å². The highest BCUT2D eigenvalue weighted by Gasteiger charge is 2.06. The third kappa shape index (κ3) is 34.2. The van der Waals surface area contributed by atoms with Crippen molar-refractivity contribution in [3.05, 3.63) is 0 Å². The molecule has 0 aromatic heterocycles. The second-order valence-corrected chi connectivity index (χ2v) is 14.3. The summed E-state index contributed by atoms with van der Waals surface area (Å²) in [6, 6.07) is 0. The molecule has 0 saturated heterocycles. The molecular weight excluding hydrogens is 480 g/mol. The molecule has 0 aromatic carbocycles. The van der Waals surface area contributed by atoms with Gasteiger partial charge in [0.2, 0.25) is 0 Å². The number of hydrogen-bond acceptors (Lipinski definition) is 0. The number of unbranched alkanes of at least 4 members (excludes halogenated alkanes) is 27. The molecule has 0 aliphatic carbocycles. The van der Waals surface area contributed by atoms with Gasteiger partial charge >= 0.3 is 0 Å². The maximum atomic E-state index is 2.52. The molecule has 0 amide bonds. The van der Waals surface area contributed by atoms with Crippen molar-refractivity contribution in [2.45, 2.75) is 246 Å². The molecule has 242 valence electrons. The summed E-state index contributed by atoms with van der Waals surface area (Å²) in [6.07, 6.45) is 50.1. The standard InChI is InChI=1S/C40H82/c1-5-7-9-11-13-15-17-18-19-20-21-22-23-25-27-29-31-33-36-40(4)38-34-37-39(3)35-32-30-28-26-24-16-14-12-10-8-6-2/h39-40H,5-38H2,1-4H3/t39-,40+/m1/s1. The van der Waals surface area contributed by atoms with Gasteiger partial charge in [-0.1, -0.05) is 246 Å². The Kier molecular flexibility index (Phi) is 35.2. The van der Waals surface area contributed by atoms with Crippen LogP contribution in [0.25, 0.3) is 0 Å². The zero-order chi connectivity index (χ0) is 29.2. The quantitative estimate of drug-likeness (QED) is 0.0674. The Hall–Kier alpha value is 0. The van der Waals surface area contributed by atoms with Gasteiger partial charge in [-0.25, -0.2) is 0 Å². The van der Waals surface area contributed by atoms with Crippen LogP contribution in [-0.4, -0.2) is 0 Å². The van der Waals surface area contributed by atoms with Gasteiger partial charge in [0.1, 0.15) is 0 Å². The lowest BCUT2D eigenvalue weighted by Crippen LogP contribution is -1.99. The highest BCUT2D eigenvalue weighted by atomic mass is 14.1. The van der Waals surface area contributed by atoms with Crippen molar-refractivity contribution in [2.75, 3.05) is 0 Å². The Morgan fingerprint density at radius 3 is 0.625 bits per heavy atom. The minimum absolute atomic E-state index is 0.954. The first-order valence-corrected chi connectivity index (χ1v) is 19.7. The summed E-state index contributed by atoms with van der Waals surface area (Å²) in [5, 5.41) is 0. The molecule has 0 N–H and O–H groups in total. The summed E-state index contributed by atoms with van der Waals surface area (Å²) >= 11 is 0. The summed E-state index contributed by atoms with van der Waals surface area (Å²) in [5.41, 5.74) is 0. The van der Waals surface area contributed by atoms with E-state index in [4.69, 9.17) is 0 Å². The largest absolute Gasteiger partial charge is 0.0654 e. The van der Waals surface area contributed by atoms with E-state index in [0.29, 0.717) is 0 Å². The molecule has 0 rings (SSSR count). The minimum atomic E-state index is 0.954. The highest BCUT2D eigenvalue weighted by Crippen LogP contribution is 2.22. The average Bonchev–Trinajstić information content (AvgIpc) is 2.95. The average molecular weight is 563 g/mol. The molecule has 0 bridgehead atoms. The van der Waals surface area contributed by atoms with E-state index < -0.39 is 0 Å². The predicted molar refractivity (Wildman–Crippen MR) is 187 cm³/mol. The first-order chi connectivity index (χ1) is 19.7. The summed E-state index contributed by atoms with van der Waals surface area (Å²) in [6.45, 7) is 9.65. The van der Waals surface area contributed by atoms with Crippen molar-refractivity contribution < 1.29 is 0 Å². The van der Waals surface area contributed by atoms with Gasteiger partial charge in [0.15, 0.2) is 0 Å². The fourth-order valence-corrected chi connectivity index (χ4v) is 6.65. The summed E-state index contributed by atoms with van der Waals surface area (Å²) in [4.78, 5) is 0. The Bertz CT molecular complexity index is 426. The smallest absolute Gasteiger partial charge is 0.0443 e. The van der Waals surface area contributed by atoms with E-state index in [1.54, 1.807) is 0 Å². The number of rotatable bonds is 35. The van der Waals surface area contributed by atoms with Crippen molar-refractivity contribution in [1.29, 1.82) is 0 Å². The molecule has 0 heterocycles. The normalized spacial score (nSPS) is 13.2. The van der Waals surface area contributed by atoms with E-state index in [9.17, 15) is 0 Å². The van der Waals surface area contributed by atoms with Crippen LogP contribution in [0.1, 0.15) is 246 Å². The Labute approximate surface area is 257 Å². The Morgan fingerprint density at radius 1 is 0.225 bits per heavy atom. The van der Waals surface area contributed by atoms with Gasteiger partial charge in [-0.05, 0) is 11.8 Å². The number of hydrogen-bond donors (Lipinski definition) is 0. The second-order valence-electron chi connectivity index (χ2n) is 14.3. The lowest BCUT2D eigenvalue weighted by Gasteiger charge is -2.14. The monoisotopic (exact) mass is 563 g/mol. The first-order valence-electron chi connectivity index (χ1n) is 19.7. The lowest BCUT2D eigenvalue weighted by molar-refractivity contribution is 0.390. The van der Waals surface area contributed by atoms with Crippen LogP contribution in [0.3, 0.4) is 0 Å². The maximum absolute atomic E-state index is 2.52. The van der Waals surface area contributed by atoms with Gasteiger partial charge in [-0.3, -0.25) is 0 Å². The van der Waals surface area contributed by atoms with Crippen LogP contribution in [0, 0.1) is 11.8 Å². The molecule has 0 aromatic rings. The zero-order valence-corrected chi connectivity index (χ0v) is 29.2. The molecule has 0 heteroatoms. The fraction of sp³-hybridized carbons (Fsp3) is 1.00. The molecule has 0 aliphatic heterocycles. The fourth-order valence-electron chi connectivity index (χ4n) is 6.65. The third-order valence-corrected chi connectivity index (χ3v) is 9.74. The van der Waals surface area contributed by atoms with Crippen LogP contribution >= 0.6 is 0 Å². The van der Waals surface area contributed by atoms with Crippen molar-refractivity contribution >= 4 is 0 Å². The van der Waals surface area contributed by atoms with Gasteiger partial charge in [0, 0.05) is 0 Å². The summed E-state index contributed by atoms with van der Waals surface area (Å²) < 4.78 is 0. The molecule has 0 radical (unpaired) electrons.